The number of rotatable bonds is 0. The molecule has 13 heavy (non-hydrogen) atoms. The summed E-state index contributed by atoms with van der Waals surface area (Å²) in [4.78, 5) is 4.70. The second-order valence-electron chi connectivity index (χ2n) is 3.93. The van der Waals surface area contributed by atoms with E-state index in [9.17, 15) is 0 Å². The number of hydrogen-bond acceptors (Lipinski definition) is 3. The minimum Gasteiger partial charge on any atom is -0.379 e. The van der Waals surface area contributed by atoms with E-state index in [0.717, 1.165) is 26.3 Å². The molecule has 1 aliphatic rings. The molecular weight excluding hydrogens is 164 g/mol. The van der Waals surface area contributed by atoms with Gasteiger partial charge in [0.05, 0.1) is 13.2 Å². The summed E-state index contributed by atoms with van der Waals surface area (Å²) in [6.07, 6.45) is 2.61. The molecule has 0 saturated carbocycles. The highest BCUT2D eigenvalue weighted by molar-refractivity contribution is 4.57. The van der Waals surface area contributed by atoms with Gasteiger partial charge in [-0.15, -0.1) is 0 Å². The molecule has 1 saturated heterocycles. The number of hydrogen-bond donors (Lipinski definition) is 0. The summed E-state index contributed by atoms with van der Waals surface area (Å²) in [5.41, 5.74) is 0. The first-order valence-corrected chi connectivity index (χ1v) is 5.24. The van der Waals surface area contributed by atoms with E-state index in [4.69, 9.17) is 4.74 Å². The van der Waals surface area contributed by atoms with Crippen molar-refractivity contribution in [1.29, 1.82) is 0 Å². The van der Waals surface area contributed by atoms with E-state index in [1.165, 1.54) is 25.9 Å². The molecule has 0 aromatic carbocycles. The predicted octanol–water partition coefficient (Wildman–Crippen LogP) is 0.660. The van der Waals surface area contributed by atoms with Gasteiger partial charge in [0.1, 0.15) is 0 Å². The molecule has 78 valence electrons. The molecule has 1 aliphatic heterocycles. The van der Waals surface area contributed by atoms with Gasteiger partial charge in [-0.1, -0.05) is 0 Å². The van der Waals surface area contributed by atoms with Crippen LogP contribution in [0.2, 0.25) is 0 Å². The van der Waals surface area contributed by atoms with Crippen LogP contribution < -0.4 is 0 Å². The van der Waals surface area contributed by atoms with E-state index < -0.39 is 0 Å². The quantitative estimate of drug-likeness (QED) is 0.553. The van der Waals surface area contributed by atoms with Crippen LogP contribution in [0.1, 0.15) is 12.8 Å². The van der Waals surface area contributed by atoms with E-state index in [1.54, 1.807) is 0 Å². The van der Waals surface area contributed by atoms with Crippen LogP contribution >= 0.6 is 0 Å². The molecule has 0 bridgehead atoms. The zero-order valence-electron chi connectivity index (χ0n) is 8.96. The summed E-state index contributed by atoms with van der Waals surface area (Å²) in [5, 5.41) is 0. The largest absolute Gasteiger partial charge is 0.379 e. The van der Waals surface area contributed by atoms with Crippen molar-refractivity contribution in [1.82, 2.24) is 9.80 Å². The standard InChI is InChI=1S/C10H22N2O/c1-11-5-3-4-6-12(2)8-10-13-9-7-11/h3-10H2,1-2H3. The maximum atomic E-state index is 5.52. The fourth-order valence-electron chi connectivity index (χ4n) is 1.53. The predicted molar refractivity (Wildman–Crippen MR) is 55.0 cm³/mol. The van der Waals surface area contributed by atoms with Crippen LogP contribution in [0.15, 0.2) is 0 Å². The Morgan fingerprint density at radius 2 is 1.23 bits per heavy atom. The second-order valence-corrected chi connectivity index (χ2v) is 3.93. The average molecular weight is 186 g/mol. The number of ether oxygens (including phenoxy) is 1. The van der Waals surface area contributed by atoms with Gasteiger partial charge in [-0.2, -0.15) is 0 Å². The zero-order valence-corrected chi connectivity index (χ0v) is 8.96. The maximum Gasteiger partial charge on any atom is 0.0593 e. The van der Waals surface area contributed by atoms with Gasteiger partial charge in [-0.25, -0.2) is 0 Å². The summed E-state index contributed by atoms with van der Waals surface area (Å²) >= 11 is 0. The molecule has 0 aromatic rings. The van der Waals surface area contributed by atoms with Gasteiger partial charge in [0.15, 0.2) is 0 Å². The topological polar surface area (TPSA) is 15.7 Å². The number of likely N-dealkylation sites (N-methyl/N-ethyl adjacent to an activating group) is 2. The monoisotopic (exact) mass is 186 g/mol. The van der Waals surface area contributed by atoms with Crippen molar-refractivity contribution in [3.63, 3.8) is 0 Å². The molecule has 3 heteroatoms. The van der Waals surface area contributed by atoms with Gasteiger partial charge in [0.25, 0.3) is 0 Å². The first-order valence-electron chi connectivity index (χ1n) is 5.24. The van der Waals surface area contributed by atoms with Gasteiger partial charge < -0.3 is 14.5 Å². The highest BCUT2D eigenvalue weighted by Gasteiger charge is 2.03. The van der Waals surface area contributed by atoms with Crippen molar-refractivity contribution in [3.05, 3.63) is 0 Å². The second kappa shape index (κ2) is 6.35. The van der Waals surface area contributed by atoms with Crippen molar-refractivity contribution in [2.24, 2.45) is 0 Å². The van der Waals surface area contributed by atoms with Crippen LogP contribution in [0.3, 0.4) is 0 Å². The van der Waals surface area contributed by atoms with E-state index in [0.29, 0.717) is 0 Å². The Hall–Kier alpha value is -0.120. The molecule has 1 heterocycles. The summed E-state index contributed by atoms with van der Waals surface area (Å²) in [6, 6.07) is 0. The molecule has 3 nitrogen and oxygen atoms in total. The Morgan fingerprint density at radius 3 is 1.69 bits per heavy atom. The van der Waals surface area contributed by atoms with Crippen LogP contribution in [-0.2, 0) is 4.74 Å². The first kappa shape index (κ1) is 11.0. The molecule has 0 aromatic heterocycles. The van der Waals surface area contributed by atoms with Crippen molar-refractivity contribution < 1.29 is 4.74 Å². The smallest absolute Gasteiger partial charge is 0.0593 e. The van der Waals surface area contributed by atoms with Crippen molar-refractivity contribution in [3.8, 4) is 0 Å². The third-order valence-corrected chi connectivity index (χ3v) is 2.56. The molecule has 1 fully saturated rings. The van der Waals surface area contributed by atoms with E-state index in [2.05, 4.69) is 23.9 Å². The van der Waals surface area contributed by atoms with Gasteiger partial charge in [0.2, 0.25) is 0 Å². The van der Waals surface area contributed by atoms with Crippen LogP contribution in [-0.4, -0.2) is 63.3 Å². The minimum atomic E-state index is 0.879. The van der Waals surface area contributed by atoms with Crippen LogP contribution in [0.4, 0.5) is 0 Å². The normalized spacial score (nSPS) is 25.4. The molecule has 0 unspecified atom stereocenters. The fourth-order valence-corrected chi connectivity index (χ4v) is 1.53. The van der Waals surface area contributed by atoms with Crippen LogP contribution in [0.5, 0.6) is 0 Å². The van der Waals surface area contributed by atoms with Crippen molar-refractivity contribution in [2.75, 3.05) is 53.5 Å². The van der Waals surface area contributed by atoms with Crippen molar-refractivity contribution >= 4 is 0 Å². The SMILES string of the molecule is CN1CCCCN(C)CCOCC1. The van der Waals surface area contributed by atoms with Gasteiger partial charge in [-0.05, 0) is 40.0 Å². The van der Waals surface area contributed by atoms with Crippen LogP contribution in [0.25, 0.3) is 0 Å². The maximum absolute atomic E-state index is 5.52. The summed E-state index contributed by atoms with van der Waals surface area (Å²) in [5.74, 6) is 0. The Kier molecular flexibility index (Phi) is 5.35. The lowest BCUT2D eigenvalue weighted by Gasteiger charge is -2.15. The van der Waals surface area contributed by atoms with E-state index in [1.807, 2.05) is 0 Å². The van der Waals surface area contributed by atoms with Gasteiger partial charge in [0, 0.05) is 13.1 Å². The lowest BCUT2D eigenvalue weighted by Crippen LogP contribution is -2.25. The molecule has 0 amide bonds. The lowest BCUT2D eigenvalue weighted by atomic mass is 10.3. The van der Waals surface area contributed by atoms with E-state index >= 15 is 0 Å². The highest BCUT2D eigenvalue weighted by Crippen LogP contribution is 1.97. The van der Waals surface area contributed by atoms with Crippen molar-refractivity contribution in [2.45, 2.75) is 12.8 Å². The van der Waals surface area contributed by atoms with Gasteiger partial charge in [-0.3, -0.25) is 0 Å². The summed E-state index contributed by atoms with van der Waals surface area (Å²) in [7, 11) is 4.34. The van der Waals surface area contributed by atoms with Crippen LogP contribution in [0, 0.1) is 0 Å². The molecule has 0 aliphatic carbocycles. The Balaban J connectivity index is 2.22. The minimum absolute atomic E-state index is 0.879. The molecule has 1 rings (SSSR count). The lowest BCUT2D eigenvalue weighted by molar-refractivity contribution is 0.0989. The Morgan fingerprint density at radius 1 is 0.769 bits per heavy atom. The third kappa shape index (κ3) is 5.24. The Bertz CT molecular complexity index is 116. The zero-order chi connectivity index (χ0) is 9.52. The average Bonchev–Trinajstić information content (AvgIpc) is 2.14. The molecule has 0 radical (unpaired) electrons. The Labute approximate surface area is 81.7 Å². The molecule has 0 atom stereocenters. The van der Waals surface area contributed by atoms with E-state index in [-0.39, 0.29) is 0 Å². The molecule has 0 N–H and O–H groups in total. The molecular formula is C10H22N2O. The van der Waals surface area contributed by atoms with Gasteiger partial charge >= 0.3 is 0 Å². The summed E-state index contributed by atoms with van der Waals surface area (Å²) < 4.78 is 5.52. The fraction of sp³-hybridized carbons (Fsp3) is 1.00. The highest BCUT2D eigenvalue weighted by atomic mass is 16.5. The molecule has 0 spiro atoms. The number of nitrogens with zero attached hydrogens (tertiary/aromatic N) is 2. The first-order chi connectivity index (χ1) is 6.29. The third-order valence-electron chi connectivity index (χ3n) is 2.56. The summed E-state index contributed by atoms with van der Waals surface area (Å²) in [6.45, 7) is 6.32.